The van der Waals surface area contributed by atoms with Gasteiger partial charge in [-0.05, 0) is 28.1 Å². The van der Waals surface area contributed by atoms with Crippen LogP contribution in [0, 0.1) is 0 Å². The average molecular weight is 321 g/mol. The number of aliphatic hydroxyl groups is 1. The predicted molar refractivity (Wildman–Crippen MR) is 72.2 cm³/mol. The van der Waals surface area contributed by atoms with Gasteiger partial charge < -0.3 is 15.6 Å². The van der Waals surface area contributed by atoms with Crippen LogP contribution in [0.25, 0.3) is 0 Å². The summed E-state index contributed by atoms with van der Waals surface area (Å²) in [6.45, 7) is 2.79. The largest absolute Gasteiger partial charge is 0.395 e. The van der Waals surface area contributed by atoms with Crippen LogP contribution in [0.4, 0.5) is 0 Å². The van der Waals surface area contributed by atoms with Crippen LogP contribution >= 0.6 is 27.3 Å². The Bertz CT molecular complexity index is 361. The Hall–Kier alpha value is 0.0200. The number of halogens is 1. The van der Waals surface area contributed by atoms with Gasteiger partial charge in [-0.25, -0.2) is 0 Å². The fourth-order valence-electron chi connectivity index (χ4n) is 2.16. The van der Waals surface area contributed by atoms with Crippen molar-refractivity contribution in [3.05, 3.63) is 20.8 Å². The van der Waals surface area contributed by atoms with E-state index in [0.29, 0.717) is 19.8 Å². The van der Waals surface area contributed by atoms with Gasteiger partial charge in [0.25, 0.3) is 0 Å². The van der Waals surface area contributed by atoms with Gasteiger partial charge in [0.1, 0.15) is 0 Å². The van der Waals surface area contributed by atoms with E-state index in [1.807, 2.05) is 6.07 Å². The molecule has 1 aliphatic rings. The van der Waals surface area contributed by atoms with Gasteiger partial charge in [0, 0.05) is 18.0 Å². The van der Waals surface area contributed by atoms with Crippen LogP contribution in [0.2, 0.25) is 0 Å². The number of nitrogens with zero attached hydrogens (tertiary/aromatic N) is 1. The molecule has 2 rings (SSSR count). The van der Waals surface area contributed by atoms with Crippen molar-refractivity contribution in [3.63, 3.8) is 0 Å². The Labute approximate surface area is 113 Å². The highest BCUT2D eigenvalue weighted by Gasteiger charge is 2.29. The summed E-state index contributed by atoms with van der Waals surface area (Å²) in [5.41, 5.74) is 5.89. The molecule has 0 amide bonds. The Kier molecular flexibility index (Phi) is 4.96. The van der Waals surface area contributed by atoms with E-state index in [-0.39, 0.29) is 18.7 Å². The molecule has 17 heavy (non-hydrogen) atoms. The molecule has 0 aromatic carbocycles. The second-order valence-electron chi connectivity index (χ2n) is 4.04. The molecule has 2 unspecified atom stereocenters. The molecule has 4 nitrogen and oxygen atoms in total. The van der Waals surface area contributed by atoms with Crippen LogP contribution < -0.4 is 5.73 Å². The van der Waals surface area contributed by atoms with Gasteiger partial charge in [0.05, 0.1) is 35.7 Å². The molecule has 1 aromatic heterocycles. The van der Waals surface area contributed by atoms with Crippen molar-refractivity contribution < 1.29 is 9.84 Å². The number of aliphatic hydroxyl groups excluding tert-OH is 1. The monoisotopic (exact) mass is 320 g/mol. The summed E-state index contributed by atoms with van der Waals surface area (Å²) in [7, 11) is 0. The molecule has 1 aromatic rings. The van der Waals surface area contributed by atoms with E-state index in [4.69, 9.17) is 10.5 Å². The maximum absolute atomic E-state index is 9.39. The Balaban J connectivity index is 2.16. The van der Waals surface area contributed by atoms with Gasteiger partial charge in [0.15, 0.2) is 0 Å². The summed E-state index contributed by atoms with van der Waals surface area (Å²) in [6.07, 6.45) is 0. The number of ether oxygens (including phenoxy) is 1. The highest BCUT2D eigenvalue weighted by atomic mass is 79.9. The summed E-state index contributed by atoms with van der Waals surface area (Å²) < 4.78 is 6.50. The molecule has 1 aliphatic heterocycles. The maximum atomic E-state index is 9.39. The standard InChI is InChI=1S/C11H17BrN2O2S/c12-11-2-1-10(17-11)9(5-13)14-3-4-16-7-8(14)6-15/h1-2,8-9,15H,3-7,13H2. The third-order valence-corrected chi connectivity index (χ3v) is 4.75. The molecule has 2 heterocycles. The predicted octanol–water partition coefficient (Wildman–Crippen LogP) is 1.20. The molecular weight excluding hydrogens is 304 g/mol. The van der Waals surface area contributed by atoms with E-state index in [1.54, 1.807) is 11.3 Å². The van der Waals surface area contributed by atoms with Crippen LogP contribution in [-0.4, -0.2) is 49.0 Å². The van der Waals surface area contributed by atoms with Crippen molar-refractivity contribution in [2.45, 2.75) is 12.1 Å². The minimum atomic E-state index is 0.0539. The first kappa shape index (κ1) is 13.5. The van der Waals surface area contributed by atoms with Gasteiger partial charge >= 0.3 is 0 Å². The van der Waals surface area contributed by atoms with E-state index in [0.717, 1.165) is 10.3 Å². The second kappa shape index (κ2) is 6.26. The lowest BCUT2D eigenvalue weighted by Crippen LogP contribution is -2.50. The van der Waals surface area contributed by atoms with E-state index in [1.165, 1.54) is 4.88 Å². The molecular formula is C11H17BrN2O2S. The van der Waals surface area contributed by atoms with E-state index in [2.05, 4.69) is 26.9 Å². The van der Waals surface area contributed by atoms with Crippen molar-refractivity contribution >= 4 is 27.3 Å². The quantitative estimate of drug-likeness (QED) is 0.875. The summed E-state index contributed by atoms with van der Waals surface area (Å²) in [6, 6.07) is 4.36. The fraction of sp³-hybridized carbons (Fsp3) is 0.636. The molecule has 0 aliphatic carbocycles. The number of hydrogen-bond donors (Lipinski definition) is 2. The first-order valence-corrected chi connectivity index (χ1v) is 7.27. The molecule has 1 fully saturated rings. The molecule has 0 saturated carbocycles. The summed E-state index contributed by atoms with van der Waals surface area (Å²) in [5.74, 6) is 0. The number of morpholine rings is 1. The molecule has 0 radical (unpaired) electrons. The Morgan fingerprint density at radius 2 is 2.47 bits per heavy atom. The zero-order valence-corrected chi connectivity index (χ0v) is 11.9. The van der Waals surface area contributed by atoms with Gasteiger partial charge in [-0.1, -0.05) is 0 Å². The zero-order chi connectivity index (χ0) is 12.3. The highest BCUT2D eigenvalue weighted by molar-refractivity contribution is 9.11. The first-order valence-electron chi connectivity index (χ1n) is 5.66. The molecule has 6 heteroatoms. The Morgan fingerprint density at radius 3 is 3.06 bits per heavy atom. The SMILES string of the molecule is NCC(c1ccc(Br)s1)N1CCOCC1CO. The minimum absolute atomic E-state index is 0.0539. The lowest BCUT2D eigenvalue weighted by Gasteiger charge is -2.39. The van der Waals surface area contributed by atoms with Crippen LogP contribution in [0.1, 0.15) is 10.9 Å². The van der Waals surface area contributed by atoms with Crippen LogP contribution in [0.15, 0.2) is 15.9 Å². The third kappa shape index (κ3) is 3.07. The maximum Gasteiger partial charge on any atom is 0.0702 e. The topological polar surface area (TPSA) is 58.7 Å². The number of nitrogens with two attached hydrogens (primary N) is 1. The first-order chi connectivity index (χ1) is 8.26. The molecule has 3 N–H and O–H groups in total. The molecule has 2 atom stereocenters. The number of thiophene rings is 1. The molecule has 0 bridgehead atoms. The Morgan fingerprint density at radius 1 is 1.65 bits per heavy atom. The second-order valence-corrected chi connectivity index (χ2v) is 6.54. The number of hydrogen-bond acceptors (Lipinski definition) is 5. The van der Waals surface area contributed by atoms with Crippen molar-refractivity contribution in [2.24, 2.45) is 5.73 Å². The summed E-state index contributed by atoms with van der Waals surface area (Å²) in [5, 5.41) is 9.39. The smallest absolute Gasteiger partial charge is 0.0702 e. The van der Waals surface area contributed by atoms with Crippen LogP contribution in [0.5, 0.6) is 0 Å². The lowest BCUT2D eigenvalue weighted by molar-refractivity contribution is -0.0457. The highest BCUT2D eigenvalue weighted by Crippen LogP contribution is 2.31. The molecule has 1 saturated heterocycles. The van der Waals surface area contributed by atoms with Crippen LogP contribution in [-0.2, 0) is 4.74 Å². The fourth-order valence-corrected chi connectivity index (χ4v) is 3.72. The van der Waals surface area contributed by atoms with Crippen molar-refractivity contribution in [1.82, 2.24) is 4.90 Å². The number of rotatable bonds is 4. The third-order valence-electron chi connectivity index (χ3n) is 3.03. The average Bonchev–Trinajstić information content (AvgIpc) is 2.77. The minimum Gasteiger partial charge on any atom is -0.395 e. The van der Waals surface area contributed by atoms with E-state index in [9.17, 15) is 5.11 Å². The lowest BCUT2D eigenvalue weighted by atomic mass is 10.1. The van der Waals surface area contributed by atoms with Gasteiger partial charge in [-0.2, -0.15) is 0 Å². The zero-order valence-electron chi connectivity index (χ0n) is 9.51. The van der Waals surface area contributed by atoms with Crippen molar-refractivity contribution in [1.29, 1.82) is 0 Å². The summed E-state index contributed by atoms with van der Waals surface area (Å²) in [4.78, 5) is 3.49. The van der Waals surface area contributed by atoms with Gasteiger partial charge in [0.2, 0.25) is 0 Å². The van der Waals surface area contributed by atoms with Crippen molar-refractivity contribution in [3.8, 4) is 0 Å². The summed E-state index contributed by atoms with van der Waals surface area (Å²) >= 11 is 5.17. The van der Waals surface area contributed by atoms with E-state index >= 15 is 0 Å². The molecule has 96 valence electrons. The van der Waals surface area contributed by atoms with Gasteiger partial charge in [-0.15, -0.1) is 11.3 Å². The van der Waals surface area contributed by atoms with Crippen LogP contribution in [0.3, 0.4) is 0 Å². The normalized spacial score (nSPS) is 23.8. The van der Waals surface area contributed by atoms with Crippen molar-refractivity contribution in [2.75, 3.05) is 32.9 Å². The van der Waals surface area contributed by atoms with E-state index < -0.39 is 0 Å². The molecule has 0 spiro atoms. The van der Waals surface area contributed by atoms with Gasteiger partial charge in [-0.3, -0.25) is 4.90 Å².